The Morgan fingerprint density at radius 3 is 1.75 bits per heavy atom. The molecule has 4 heavy (non-hydrogen) atoms. The van der Waals surface area contributed by atoms with E-state index in [2.05, 4.69) is 6.55 Å². The quantitative estimate of drug-likeness (QED) is 0.327. The molecule has 0 bridgehead atoms. The van der Waals surface area contributed by atoms with Crippen molar-refractivity contribution in [2.24, 2.45) is 0 Å². The maximum absolute atomic E-state index is 2.33. The summed E-state index contributed by atoms with van der Waals surface area (Å²) in [6.07, 6.45) is 0. The minimum Gasteiger partial charge on any atom is -0.269 e. The summed E-state index contributed by atoms with van der Waals surface area (Å²) in [5.74, 6) is 0. The van der Waals surface area contributed by atoms with E-state index in [1.807, 2.05) is 0 Å². The van der Waals surface area contributed by atoms with Gasteiger partial charge in [-0.3, -0.25) is 4.70 Å². The van der Waals surface area contributed by atoms with Gasteiger partial charge in [-0.2, -0.15) is 0 Å². The predicted molar refractivity (Wildman–Crippen MR) is 26.8 cm³/mol. The molecular weight excluding hydrogens is 87.2 g/mol. The zero-order valence-electron chi connectivity index (χ0n) is 3.12. The molecule has 0 spiro atoms. The molecule has 0 unspecified atom stereocenters. The molecule has 0 fully saturated rings. The number of halogens is 1. The van der Waals surface area contributed by atoms with Crippen LogP contribution in [0.5, 0.6) is 0 Å². The van der Waals surface area contributed by atoms with Crippen molar-refractivity contribution in [3.63, 3.8) is 0 Å². The molecule has 0 saturated heterocycles. The zero-order valence-corrected chi connectivity index (χ0v) is 6.53. The van der Waals surface area contributed by atoms with Crippen molar-refractivity contribution in [1.29, 1.82) is 0 Å². The summed E-state index contributed by atoms with van der Waals surface area (Å²) in [7, 11) is 2.06. The largest absolute Gasteiger partial charge is 0.269 e. The van der Waals surface area contributed by atoms with Crippen molar-refractivity contribution in [3.8, 4) is 0 Å². The van der Waals surface area contributed by atoms with E-state index >= 15 is 0 Å². The minimum absolute atomic E-state index is 0. The summed E-state index contributed by atoms with van der Waals surface area (Å²) in [5.41, 5.74) is 0. The second-order valence-corrected chi connectivity index (χ2v) is 6.36. The fraction of sp³-hybridized carbons (Fsp3) is 1.00. The van der Waals surface area contributed by atoms with Gasteiger partial charge >= 0.3 is 0 Å². The van der Waals surface area contributed by atoms with E-state index < -0.39 is 0 Å². The van der Waals surface area contributed by atoms with Crippen LogP contribution in [0.15, 0.2) is 0 Å². The third-order valence-corrected chi connectivity index (χ3v) is 0. The zero-order chi connectivity index (χ0) is 2.71. The van der Waals surface area contributed by atoms with Crippen LogP contribution < -0.4 is 0 Å². The molecule has 0 aromatic carbocycles. The van der Waals surface area contributed by atoms with Crippen molar-refractivity contribution in [1.82, 2.24) is 0 Å². The highest BCUT2D eigenvalue weighted by atomic mass is 29.1. The van der Waals surface area contributed by atoms with E-state index in [9.17, 15) is 0 Å². The SMILES string of the molecule is C[SiH2][SiH3].F. The molecule has 0 aromatic heterocycles. The first-order chi connectivity index (χ1) is 1.41. The Bertz CT molecular complexity index is 6.00. The third kappa shape index (κ3) is 33.2. The molecule has 0 nitrogen and oxygen atoms in total. The summed E-state index contributed by atoms with van der Waals surface area (Å²) in [6, 6.07) is 0. The Morgan fingerprint density at radius 2 is 1.75 bits per heavy atom. The second-order valence-electron chi connectivity index (χ2n) is 0.707. The Hall–Kier alpha value is 0.364. The highest BCUT2D eigenvalue weighted by Crippen LogP contribution is 1.23. The predicted octanol–water partition coefficient (Wildman–Crippen LogP) is -1.36. The second kappa shape index (κ2) is 10.1. The van der Waals surface area contributed by atoms with Gasteiger partial charge in [0.2, 0.25) is 0 Å². The highest BCUT2D eigenvalue weighted by molar-refractivity contribution is 6.88. The maximum atomic E-state index is 2.33. The van der Waals surface area contributed by atoms with Crippen molar-refractivity contribution in [2.45, 2.75) is 6.55 Å². The molecular formula is CH9FSi2. The topological polar surface area (TPSA) is 0 Å². The average molecular weight is 96.3 g/mol. The number of rotatable bonds is 0. The molecule has 0 aliphatic rings. The smallest absolute Gasteiger partial charge is 0.000873 e. The van der Waals surface area contributed by atoms with E-state index in [1.54, 1.807) is 0 Å². The van der Waals surface area contributed by atoms with Crippen LogP contribution in [0, 0.1) is 0 Å². The van der Waals surface area contributed by atoms with E-state index in [-0.39, 0.29) is 4.70 Å². The van der Waals surface area contributed by atoms with E-state index in [4.69, 9.17) is 0 Å². The Labute approximate surface area is 31.0 Å². The van der Waals surface area contributed by atoms with E-state index in [0.717, 1.165) is 0 Å². The van der Waals surface area contributed by atoms with E-state index in [0.29, 0.717) is 9.04 Å². The molecule has 3 heteroatoms. The fourth-order valence-corrected chi connectivity index (χ4v) is 0. The lowest BCUT2D eigenvalue weighted by molar-refractivity contribution is 1.11. The van der Waals surface area contributed by atoms with Gasteiger partial charge in [-0.25, -0.2) is 0 Å². The summed E-state index contributed by atoms with van der Waals surface area (Å²) < 4.78 is 0. The van der Waals surface area contributed by atoms with Gasteiger partial charge in [0.25, 0.3) is 0 Å². The van der Waals surface area contributed by atoms with Crippen LogP contribution in [0.4, 0.5) is 4.70 Å². The highest BCUT2D eigenvalue weighted by Gasteiger charge is 1.39. The van der Waals surface area contributed by atoms with Gasteiger partial charge in [0.05, 0.1) is 0 Å². The summed E-state index contributed by atoms with van der Waals surface area (Å²) in [5, 5.41) is 0. The first kappa shape index (κ1) is 8.84. The number of hydrogen-bond donors (Lipinski definition) is 0. The molecule has 0 heterocycles. The van der Waals surface area contributed by atoms with Gasteiger partial charge in [-0.05, 0) is 9.76 Å². The van der Waals surface area contributed by atoms with E-state index in [1.165, 1.54) is 9.76 Å². The molecule has 0 rings (SSSR count). The standard InChI is InChI=1S/CH8Si2.FH/c1-3-2;/h3H2,1-2H3;1H. The van der Waals surface area contributed by atoms with Crippen LogP contribution in [0.1, 0.15) is 0 Å². The lowest BCUT2D eigenvalue weighted by Crippen LogP contribution is -1.68. The third-order valence-electron chi connectivity index (χ3n) is 0. The molecule has 0 aliphatic heterocycles. The van der Waals surface area contributed by atoms with Crippen LogP contribution in [-0.2, 0) is 0 Å². The maximum Gasteiger partial charge on any atom is 0.000873 e. The van der Waals surface area contributed by atoms with Crippen LogP contribution in [0.25, 0.3) is 0 Å². The summed E-state index contributed by atoms with van der Waals surface area (Å²) >= 11 is 0. The average Bonchev–Trinajstić information content (AvgIpc) is 0.918. The molecule has 0 saturated carbocycles. The summed E-state index contributed by atoms with van der Waals surface area (Å²) in [4.78, 5) is 0. The monoisotopic (exact) mass is 96.0 g/mol. The Kier molecular flexibility index (Phi) is 22.3. The van der Waals surface area contributed by atoms with Crippen LogP contribution >= 0.6 is 0 Å². The molecule has 0 atom stereocenters. The first-order valence-corrected chi connectivity index (χ1v) is 8.49. The van der Waals surface area contributed by atoms with Crippen molar-refractivity contribution >= 4 is 18.8 Å². The Morgan fingerprint density at radius 1 is 1.75 bits per heavy atom. The van der Waals surface area contributed by atoms with Crippen molar-refractivity contribution < 1.29 is 4.70 Å². The van der Waals surface area contributed by atoms with Crippen molar-refractivity contribution in [2.75, 3.05) is 0 Å². The fourth-order valence-electron chi connectivity index (χ4n) is 0. The lowest BCUT2D eigenvalue weighted by Gasteiger charge is -1.44. The lowest BCUT2D eigenvalue weighted by atomic mass is 11.9. The Balaban J connectivity index is 0. The molecule has 0 aromatic rings. The number of hydrogen-bond acceptors (Lipinski definition) is 0. The first-order valence-electron chi connectivity index (χ1n) is 1.41. The molecule has 0 radical (unpaired) electrons. The minimum atomic E-state index is 0. The van der Waals surface area contributed by atoms with Gasteiger partial charge in [0.15, 0.2) is 0 Å². The summed E-state index contributed by atoms with van der Waals surface area (Å²) in [6.45, 7) is 2.33. The van der Waals surface area contributed by atoms with Crippen LogP contribution in [-0.4, -0.2) is 18.8 Å². The molecule has 0 aliphatic carbocycles. The molecule has 0 amide bonds. The van der Waals surface area contributed by atoms with Crippen LogP contribution in [0.2, 0.25) is 6.55 Å². The van der Waals surface area contributed by atoms with Gasteiger partial charge in [-0.1, -0.05) is 6.55 Å². The van der Waals surface area contributed by atoms with Gasteiger partial charge in [0.1, 0.15) is 0 Å². The van der Waals surface area contributed by atoms with Gasteiger partial charge in [-0.15, -0.1) is 0 Å². The normalized spacial score (nSPS) is 8.25. The van der Waals surface area contributed by atoms with Crippen LogP contribution in [0.3, 0.4) is 0 Å². The molecule has 28 valence electrons. The van der Waals surface area contributed by atoms with Crippen molar-refractivity contribution in [3.05, 3.63) is 0 Å². The van der Waals surface area contributed by atoms with Gasteiger partial charge < -0.3 is 0 Å². The molecule has 0 N–H and O–H groups in total. The van der Waals surface area contributed by atoms with Gasteiger partial charge in [0, 0.05) is 9.04 Å².